The maximum Gasteiger partial charge on any atom is 0.0808 e. The van der Waals surface area contributed by atoms with E-state index in [9.17, 15) is 4.57 Å². The van der Waals surface area contributed by atoms with Crippen LogP contribution in [0.5, 0.6) is 0 Å². The molecule has 0 N–H and O–H groups in total. The van der Waals surface area contributed by atoms with Crippen LogP contribution in [0.25, 0.3) is 0 Å². The van der Waals surface area contributed by atoms with Crippen molar-refractivity contribution in [1.29, 1.82) is 0 Å². The predicted octanol–water partition coefficient (Wildman–Crippen LogP) is 5.42. The Bertz CT molecular complexity index is 485. The van der Waals surface area contributed by atoms with E-state index in [1.807, 2.05) is 0 Å². The number of hydrogen-bond donors (Lipinski definition) is 0. The van der Waals surface area contributed by atoms with Gasteiger partial charge in [-0.3, -0.25) is 4.57 Å². The molecular formula is C14H12I2OP. The molecule has 0 aliphatic carbocycles. The van der Waals surface area contributed by atoms with Crippen LogP contribution in [0.15, 0.2) is 48.5 Å². The normalized spacial score (nSPS) is 10.3. The fraction of sp³-hybridized carbons (Fsp3) is 0.143. The molecule has 18 heavy (non-hydrogen) atoms. The lowest BCUT2D eigenvalue weighted by Crippen LogP contribution is -1.85. The molecule has 0 amide bonds. The van der Waals surface area contributed by atoms with Crippen LogP contribution in [-0.4, -0.2) is 0 Å². The van der Waals surface area contributed by atoms with Crippen molar-refractivity contribution >= 4 is 53.0 Å². The second-order valence-electron chi connectivity index (χ2n) is 4.05. The molecule has 0 saturated carbocycles. The summed E-state index contributed by atoms with van der Waals surface area (Å²) in [4.78, 5) is 0. The highest BCUT2D eigenvalue weighted by Crippen LogP contribution is 2.31. The Balaban J connectivity index is 1.96. The van der Waals surface area contributed by atoms with Gasteiger partial charge < -0.3 is 0 Å². The average Bonchev–Trinajstić information content (AvgIpc) is 2.35. The monoisotopic (exact) mass is 481 g/mol. The van der Waals surface area contributed by atoms with Gasteiger partial charge in [0.05, 0.1) is 7.80 Å². The van der Waals surface area contributed by atoms with Gasteiger partial charge in [0.15, 0.2) is 0 Å². The van der Waals surface area contributed by atoms with Crippen molar-refractivity contribution in [2.24, 2.45) is 0 Å². The van der Waals surface area contributed by atoms with E-state index in [4.69, 9.17) is 0 Å². The van der Waals surface area contributed by atoms with E-state index in [2.05, 4.69) is 93.7 Å². The van der Waals surface area contributed by atoms with E-state index < -0.39 is 7.80 Å². The second kappa shape index (κ2) is 6.96. The molecule has 2 aromatic carbocycles. The molecule has 0 aromatic heterocycles. The van der Waals surface area contributed by atoms with Gasteiger partial charge in [-0.05, 0) is 80.6 Å². The van der Waals surface area contributed by atoms with Crippen LogP contribution in [0.1, 0.15) is 11.1 Å². The molecule has 1 radical (unpaired) electrons. The third-order valence-electron chi connectivity index (χ3n) is 2.54. The molecule has 0 unspecified atom stereocenters. The zero-order valence-electron chi connectivity index (χ0n) is 9.64. The summed E-state index contributed by atoms with van der Waals surface area (Å²) in [5, 5.41) is 0. The van der Waals surface area contributed by atoms with E-state index in [1.165, 1.54) is 7.14 Å². The standard InChI is InChI=1S/C14H12I2OP/c15-13-5-1-11(2-6-13)9-18(17)10-12-3-7-14(16)8-4-12/h1-8H,9-10H2. The third-order valence-corrected chi connectivity index (χ3v) is 5.42. The first-order valence-corrected chi connectivity index (χ1v) is 9.33. The van der Waals surface area contributed by atoms with Crippen LogP contribution in [0.2, 0.25) is 0 Å². The Morgan fingerprint density at radius 2 is 1.06 bits per heavy atom. The van der Waals surface area contributed by atoms with E-state index in [1.54, 1.807) is 0 Å². The summed E-state index contributed by atoms with van der Waals surface area (Å²) in [6.07, 6.45) is 1.33. The molecule has 0 fully saturated rings. The Morgan fingerprint density at radius 3 is 1.39 bits per heavy atom. The van der Waals surface area contributed by atoms with E-state index in [-0.39, 0.29) is 0 Å². The Hall–Kier alpha value is -0.000000000000000111. The zero-order chi connectivity index (χ0) is 13.0. The maximum absolute atomic E-state index is 12.1. The molecule has 93 valence electrons. The maximum atomic E-state index is 12.1. The van der Waals surface area contributed by atoms with Crippen LogP contribution in [0.4, 0.5) is 0 Å². The largest absolute Gasteiger partial charge is 0.286 e. The lowest BCUT2D eigenvalue weighted by molar-refractivity contribution is 0.586. The summed E-state index contributed by atoms with van der Waals surface area (Å²) in [6, 6.07) is 16.5. The van der Waals surface area contributed by atoms with Gasteiger partial charge in [0.1, 0.15) is 0 Å². The molecule has 2 rings (SSSR count). The number of benzene rings is 2. The Morgan fingerprint density at radius 1 is 0.722 bits per heavy atom. The molecule has 0 aliphatic rings. The minimum atomic E-state index is -1.21. The van der Waals surface area contributed by atoms with Crippen molar-refractivity contribution in [2.75, 3.05) is 0 Å². The third kappa shape index (κ3) is 4.59. The fourth-order valence-electron chi connectivity index (χ4n) is 1.64. The summed E-state index contributed by atoms with van der Waals surface area (Å²) in [5.74, 6) is 0. The first-order chi connectivity index (χ1) is 8.63. The van der Waals surface area contributed by atoms with Gasteiger partial charge in [-0.1, -0.05) is 24.3 Å². The Kier molecular flexibility index (Phi) is 5.57. The van der Waals surface area contributed by atoms with Crippen LogP contribution >= 0.6 is 53.0 Å². The van der Waals surface area contributed by atoms with Crippen molar-refractivity contribution < 1.29 is 4.57 Å². The van der Waals surface area contributed by atoms with Crippen molar-refractivity contribution in [3.05, 3.63) is 66.8 Å². The highest BCUT2D eigenvalue weighted by atomic mass is 127. The highest BCUT2D eigenvalue weighted by molar-refractivity contribution is 14.1. The topological polar surface area (TPSA) is 17.1 Å². The van der Waals surface area contributed by atoms with Crippen LogP contribution in [0, 0.1) is 7.14 Å². The van der Waals surface area contributed by atoms with Gasteiger partial charge in [-0.25, -0.2) is 0 Å². The van der Waals surface area contributed by atoms with Crippen molar-refractivity contribution in [2.45, 2.75) is 12.3 Å². The molecule has 2 aromatic rings. The van der Waals surface area contributed by atoms with Gasteiger partial charge in [-0.2, -0.15) is 0 Å². The summed E-state index contributed by atoms with van der Waals surface area (Å²) >= 11 is 4.56. The first-order valence-electron chi connectivity index (χ1n) is 5.54. The molecule has 1 nitrogen and oxygen atoms in total. The van der Waals surface area contributed by atoms with Gasteiger partial charge >= 0.3 is 0 Å². The first kappa shape index (κ1) is 14.4. The number of hydrogen-bond acceptors (Lipinski definition) is 1. The molecule has 0 atom stereocenters. The zero-order valence-corrected chi connectivity index (χ0v) is 14.9. The van der Waals surface area contributed by atoms with Crippen LogP contribution in [-0.2, 0) is 16.9 Å². The van der Waals surface area contributed by atoms with Crippen LogP contribution < -0.4 is 0 Å². The lowest BCUT2D eigenvalue weighted by atomic mass is 10.2. The van der Waals surface area contributed by atoms with Gasteiger partial charge in [0.2, 0.25) is 0 Å². The van der Waals surface area contributed by atoms with E-state index >= 15 is 0 Å². The molecular weight excluding hydrogens is 469 g/mol. The quantitative estimate of drug-likeness (QED) is 0.421. The van der Waals surface area contributed by atoms with Gasteiger partial charge in [0.25, 0.3) is 0 Å². The SMILES string of the molecule is O=[P](Cc1ccc(I)cc1)Cc1ccc(I)cc1. The lowest BCUT2D eigenvalue weighted by Gasteiger charge is -2.03. The van der Waals surface area contributed by atoms with Crippen molar-refractivity contribution in [1.82, 2.24) is 0 Å². The molecule has 0 bridgehead atoms. The summed E-state index contributed by atoms with van der Waals surface area (Å²) in [5.41, 5.74) is 2.31. The van der Waals surface area contributed by atoms with E-state index in [0.717, 1.165) is 11.1 Å². The Labute approximate surface area is 135 Å². The average molecular weight is 481 g/mol. The molecule has 0 saturated heterocycles. The summed E-state index contributed by atoms with van der Waals surface area (Å²) in [6.45, 7) is 0. The van der Waals surface area contributed by atoms with Crippen molar-refractivity contribution in [3.63, 3.8) is 0 Å². The molecule has 0 heterocycles. The van der Waals surface area contributed by atoms with Crippen molar-refractivity contribution in [3.8, 4) is 0 Å². The predicted molar refractivity (Wildman–Crippen MR) is 93.3 cm³/mol. The fourth-order valence-corrected chi connectivity index (χ4v) is 3.71. The smallest absolute Gasteiger partial charge is 0.0808 e. The highest BCUT2D eigenvalue weighted by Gasteiger charge is 2.04. The minimum Gasteiger partial charge on any atom is -0.286 e. The van der Waals surface area contributed by atoms with Gasteiger partial charge in [-0.15, -0.1) is 0 Å². The van der Waals surface area contributed by atoms with E-state index in [0.29, 0.717) is 12.3 Å². The molecule has 0 spiro atoms. The summed E-state index contributed by atoms with van der Waals surface area (Å²) < 4.78 is 14.5. The second-order valence-corrected chi connectivity index (χ2v) is 8.14. The number of rotatable bonds is 4. The molecule has 0 aliphatic heterocycles. The molecule has 4 heteroatoms. The summed E-state index contributed by atoms with van der Waals surface area (Å²) in [7, 11) is -1.21. The van der Waals surface area contributed by atoms with Gasteiger partial charge in [0, 0.05) is 19.5 Å². The van der Waals surface area contributed by atoms with Crippen LogP contribution in [0.3, 0.4) is 0 Å². The minimum absolute atomic E-state index is 0.665. The number of halogens is 2.